The van der Waals surface area contributed by atoms with Gasteiger partial charge in [-0.3, -0.25) is 0 Å². The number of ether oxygens (including phenoxy) is 2. The molecule has 0 heterocycles. The van der Waals surface area contributed by atoms with E-state index in [0.717, 1.165) is 32.4 Å². The van der Waals surface area contributed by atoms with Crippen molar-refractivity contribution in [3.8, 4) is 0 Å². The summed E-state index contributed by atoms with van der Waals surface area (Å²) in [6, 6.07) is 11.3. The first-order valence-corrected chi connectivity index (χ1v) is 7.70. The second-order valence-corrected chi connectivity index (χ2v) is 5.06. The third kappa shape index (κ3) is 8.31. The van der Waals surface area contributed by atoms with Crippen LogP contribution in [-0.4, -0.2) is 39.5 Å². The third-order valence-corrected chi connectivity index (χ3v) is 3.40. The lowest BCUT2D eigenvalue weighted by molar-refractivity contribution is 0.0687. The number of unbranched alkanes of at least 4 members (excludes halogenated alkanes) is 1. The number of rotatable bonds is 12. The monoisotopic (exact) mass is 279 g/mol. The van der Waals surface area contributed by atoms with Crippen LogP contribution in [0.3, 0.4) is 0 Å². The van der Waals surface area contributed by atoms with Crippen LogP contribution in [0.1, 0.15) is 31.7 Å². The quantitative estimate of drug-likeness (QED) is 0.597. The number of hydrogen-bond donors (Lipinski definition) is 1. The maximum absolute atomic E-state index is 5.45. The van der Waals surface area contributed by atoms with E-state index in [9.17, 15) is 0 Å². The smallest absolute Gasteiger partial charge is 0.0700 e. The van der Waals surface area contributed by atoms with Crippen LogP contribution >= 0.6 is 0 Å². The fraction of sp³-hybridized carbons (Fsp3) is 0.647. The van der Waals surface area contributed by atoms with Gasteiger partial charge in [0, 0.05) is 19.8 Å². The Kier molecular flexibility index (Phi) is 10.2. The molecule has 0 saturated heterocycles. The molecule has 0 spiro atoms. The van der Waals surface area contributed by atoms with E-state index in [1.165, 1.54) is 12.0 Å². The zero-order valence-electron chi connectivity index (χ0n) is 12.9. The van der Waals surface area contributed by atoms with Crippen molar-refractivity contribution in [3.05, 3.63) is 35.9 Å². The molecule has 1 aromatic carbocycles. The molecule has 0 saturated carbocycles. The SMILES string of the molecule is CCC(Cc1ccccc1)NCCCCOCCOC. The summed E-state index contributed by atoms with van der Waals surface area (Å²) in [6.45, 7) is 5.54. The predicted octanol–water partition coefficient (Wildman–Crippen LogP) is 3.04. The van der Waals surface area contributed by atoms with Gasteiger partial charge in [-0.2, -0.15) is 0 Å². The molecular formula is C17H29NO2. The Bertz CT molecular complexity index is 316. The minimum atomic E-state index is 0.576. The van der Waals surface area contributed by atoms with Crippen LogP contribution in [-0.2, 0) is 15.9 Å². The van der Waals surface area contributed by atoms with E-state index in [-0.39, 0.29) is 0 Å². The molecule has 20 heavy (non-hydrogen) atoms. The molecule has 0 radical (unpaired) electrons. The number of methoxy groups -OCH3 is 1. The van der Waals surface area contributed by atoms with E-state index in [4.69, 9.17) is 9.47 Å². The molecule has 1 unspecified atom stereocenters. The largest absolute Gasteiger partial charge is 0.382 e. The van der Waals surface area contributed by atoms with Crippen molar-refractivity contribution in [1.82, 2.24) is 5.32 Å². The fourth-order valence-electron chi connectivity index (χ4n) is 2.14. The predicted molar refractivity (Wildman–Crippen MR) is 84.2 cm³/mol. The van der Waals surface area contributed by atoms with E-state index >= 15 is 0 Å². The van der Waals surface area contributed by atoms with E-state index in [1.54, 1.807) is 7.11 Å². The highest BCUT2D eigenvalue weighted by Gasteiger charge is 2.05. The van der Waals surface area contributed by atoms with Crippen molar-refractivity contribution in [2.75, 3.05) is 33.5 Å². The molecule has 3 heteroatoms. The van der Waals surface area contributed by atoms with Gasteiger partial charge >= 0.3 is 0 Å². The number of nitrogens with one attached hydrogen (secondary N) is 1. The van der Waals surface area contributed by atoms with Crippen molar-refractivity contribution < 1.29 is 9.47 Å². The third-order valence-electron chi connectivity index (χ3n) is 3.40. The summed E-state index contributed by atoms with van der Waals surface area (Å²) in [4.78, 5) is 0. The van der Waals surface area contributed by atoms with Gasteiger partial charge in [0.1, 0.15) is 0 Å². The zero-order chi connectivity index (χ0) is 14.5. The van der Waals surface area contributed by atoms with Gasteiger partial charge in [0.05, 0.1) is 13.2 Å². The molecule has 1 aromatic rings. The first-order chi connectivity index (χ1) is 9.86. The second-order valence-electron chi connectivity index (χ2n) is 5.06. The highest BCUT2D eigenvalue weighted by molar-refractivity contribution is 5.15. The maximum atomic E-state index is 5.45. The molecule has 0 fully saturated rings. The molecule has 0 aliphatic rings. The normalized spacial score (nSPS) is 12.5. The summed E-state index contributed by atoms with van der Waals surface area (Å²) in [7, 11) is 1.70. The number of hydrogen-bond acceptors (Lipinski definition) is 3. The molecule has 0 aliphatic heterocycles. The highest BCUT2D eigenvalue weighted by atomic mass is 16.5. The van der Waals surface area contributed by atoms with E-state index in [1.807, 2.05) is 0 Å². The average molecular weight is 279 g/mol. The van der Waals surface area contributed by atoms with E-state index in [2.05, 4.69) is 42.6 Å². The van der Waals surface area contributed by atoms with Crippen molar-refractivity contribution in [2.45, 2.75) is 38.6 Å². The van der Waals surface area contributed by atoms with Crippen LogP contribution in [0.2, 0.25) is 0 Å². The lowest BCUT2D eigenvalue weighted by Crippen LogP contribution is -2.31. The molecule has 1 N–H and O–H groups in total. The zero-order valence-corrected chi connectivity index (χ0v) is 12.9. The Morgan fingerprint density at radius 2 is 1.85 bits per heavy atom. The van der Waals surface area contributed by atoms with E-state index in [0.29, 0.717) is 19.3 Å². The molecule has 0 amide bonds. The molecule has 3 nitrogen and oxygen atoms in total. The van der Waals surface area contributed by atoms with Gasteiger partial charge in [0.15, 0.2) is 0 Å². The number of benzene rings is 1. The van der Waals surface area contributed by atoms with Crippen LogP contribution in [0.5, 0.6) is 0 Å². The van der Waals surface area contributed by atoms with Crippen molar-refractivity contribution >= 4 is 0 Å². The van der Waals surface area contributed by atoms with Crippen LogP contribution in [0.15, 0.2) is 30.3 Å². The molecule has 0 bridgehead atoms. The van der Waals surface area contributed by atoms with Crippen molar-refractivity contribution in [3.63, 3.8) is 0 Å². The first-order valence-electron chi connectivity index (χ1n) is 7.70. The Morgan fingerprint density at radius 3 is 2.55 bits per heavy atom. The molecular weight excluding hydrogens is 250 g/mol. The van der Waals surface area contributed by atoms with Gasteiger partial charge in [0.2, 0.25) is 0 Å². The lowest BCUT2D eigenvalue weighted by atomic mass is 10.0. The Hall–Kier alpha value is -0.900. The minimum absolute atomic E-state index is 0.576. The molecule has 1 atom stereocenters. The Labute approximate surface area is 123 Å². The molecule has 0 aliphatic carbocycles. The molecule has 0 aromatic heterocycles. The molecule has 1 rings (SSSR count). The summed E-state index contributed by atoms with van der Waals surface area (Å²) in [5, 5.41) is 3.64. The van der Waals surface area contributed by atoms with E-state index < -0.39 is 0 Å². The topological polar surface area (TPSA) is 30.5 Å². The minimum Gasteiger partial charge on any atom is -0.382 e. The summed E-state index contributed by atoms with van der Waals surface area (Å²) in [5.74, 6) is 0. The van der Waals surface area contributed by atoms with Crippen LogP contribution in [0.25, 0.3) is 0 Å². The van der Waals surface area contributed by atoms with Crippen LogP contribution in [0.4, 0.5) is 0 Å². The van der Waals surface area contributed by atoms with Crippen LogP contribution in [0, 0.1) is 0 Å². The van der Waals surface area contributed by atoms with Gasteiger partial charge < -0.3 is 14.8 Å². The summed E-state index contributed by atoms with van der Waals surface area (Å²) < 4.78 is 10.4. The Morgan fingerprint density at radius 1 is 1.05 bits per heavy atom. The van der Waals surface area contributed by atoms with Gasteiger partial charge in [-0.1, -0.05) is 37.3 Å². The molecule has 114 valence electrons. The van der Waals surface area contributed by atoms with Crippen LogP contribution < -0.4 is 5.32 Å². The van der Waals surface area contributed by atoms with Crippen molar-refractivity contribution in [1.29, 1.82) is 0 Å². The maximum Gasteiger partial charge on any atom is 0.0700 e. The lowest BCUT2D eigenvalue weighted by Gasteiger charge is -2.17. The van der Waals surface area contributed by atoms with Gasteiger partial charge in [0.25, 0.3) is 0 Å². The summed E-state index contributed by atoms with van der Waals surface area (Å²) >= 11 is 0. The van der Waals surface area contributed by atoms with Gasteiger partial charge in [-0.05, 0) is 37.8 Å². The highest BCUT2D eigenvalue weighted by Crippen LogP contribution is 2.05. The second kappa shape index (κ2) is 11.9. The summed E-state index contributed by atoms with van der Waals surface area (Å²) in [5.41, 5.74) is 1.41. The summed E-state index contributed by atoms with van der Waals surface area (Å²) in [6.07, 6.45) is 4.55. The average Bonchev–Trinajstić information content (AvgIpc) is 2.49. The van der Waals surface area contributed by atoms with Crippen molar-refractivity contribution in [2.24, 2.45) is 0 Å². The Balaban J connectivity index is 2.04. The first kappa shape index (κ1) is 17.2. The standard InChI is InChI=1S/C17H29NO2/c1-3-17(15-16-9-5-4-6-10-16)18-11-7-8-12-20-14-13-19-2/h4-6,9-10,17-18H,3,7-8,11-15H2,1-2H3. The van der Waals surface area contributed by atoms with Gasteiger partial charge in [-0.15, -0.1) is 0 Å². The van der Waals surface area contributed by atoms with Gasteiger partial charge in [-0.25, -0.2) is 0 Å². The fourth-order valence-corrected chi connectivity index (χ4v) is 2.14.